The van der Waals surface area contributed by atoms with Crippen LogP contribution in [0.2, 0.25) is 0 Å². The van der Waals surface area contributed by atoms with E-state index in [0.29, 0.717) is 0 Å². The second-order valence-electron chi connectivity index (χ2n) is 3.45. The van der Waals surface area contributed by atoms with Crippen LogP contribution in [0.1, 0.15) is 26.2 Å². The van der Waals surface area contributed by atoms with Gasteiger partial charge in [0.2, 0.25) is 0 Å². The highest BCUT2D eigenvalue weighted by atomic mass is 16.5. The van der Waals surface area contributed by atoms with Crippen molar-refractivity contribution < 1.29 is 4.74 Å². The SMILES string of the molecule is C=C(C)OCCCN1CCCC1. The largest absolute Gasteiger partial charge is 0.499 e. The van der Waals surface area contributed by atoms with Gasteiger partial charge in [0.05, 0.1) is 12.4 Å². The normalized spacial score (nSPS) is 18.1. The predicted octanol–water partition coefficient (Wildman–Crippen LogP) is 2.02. The fourth-order valence-corrected chi connectivity index (χ4v) is 1.54. The first-order valence-corrected chi connectivity index (χ1v) is 4.80. The third kappa shape index (κ3) is 3.77. The Bertz CT molecular complexity index is 139. The lowest BCUT2D eigenvalue weighted by atomic mass is 10.4. The Balaban J connectivity index is 1.91. The Morgan fingerprint density at radius 1 is 1.42 bits per heavy atom. The number of hydrogen-bond donors (Lipinski definition) is 0. The summed E-state index contributed by atoms with van der Waals surface area (Å²) in [4.78, 5) is 2.50. The molecule has 1 aliphatic rings. The fourth-order valence-electron chi connectivity index (χ4n) is 1.54. The minimum absolute atomic E-state index is 0.825. The molecule has 0 aromatic carbocycles. The van der Waals surface area contributed by atoms with E-state index in [-0.39, 0.29) is 0 Å². The van der Waals surface area contributed by atoms with Gasteiger partial charge in [-0.25, -0.2) is 0 Å². The monoisotopic (exact) mass is 169 g/mol. The van der Waals surface area contributed by atoms with E-state index in [1.165, 1.54) is 32.5 Å². The minimum atomic E-state index is 0.825. The van der Waals surface area contributed by atoms with E-state index in [9.17, 15) is 0 Å². The van der Waals surface area contributed by atoms with E-state index in [1.54, 1.807) is 0 Å². The highest BCUT2D eigenvalue weighted by Crippen LogP contribution is 2.07. The molecule has 0 aromatic heterocycles. The molecule has 0 spiro atoms. The van der Waals surface area contributed by atoms with Crippen molar-refractivity contribution in [1.29, 1.82) is 0 Å². The molecule has 2 heteroatoms. The third-order valence-corrected chi connectivity index (χ3v) is 2.17. The maximum absolute atomic E-state index is 5.28. The predicted molar refractivity (Wildman–Crippen MR) is 51.1 cm³/mol. The molecule has 12 heavy (non-hydrogen) atoms. The first-order chi connectivity index (χ1) is 5.79. The van der Waals surface area contributed by atoms with Crippen LogP contribution in [0.15, 0.2) is 12.3 Å². The van der Waals surface area contributed by atoms with Crippen molar-refractivity contribution >= 4 is 0 Å². The average Bonchev–Trinajstić information content (AvgIpc) is 2.49. The van der Waals surface area contributed by atoms with Crippen LogP contribution < -0.4 is 0 Å². The van der Waals surface area contributed by atoms with Gasteiger partial charge in [-0.05, 0) is 39.3 Å². The van der Waals surface area contributed by atoms with Gasteiger partial charge in [0, 0.05) is 6.54 Å². The number of hydrogen-bond acceptors (Lipinski definition) is 2. The molecule has 1 fully saturated rings. The van der Waals surface area contributed by atoms with E-state index < -0.39 is 0 Å². The van der Waals surface area contributed by atoms with Crippen molar-refractivity contribution in [1.82, 2.24) is 4.90 Å². The maximum Gasteiger partial charge on any atom is 0.0889 e. The second kappa shape index (κ2) is 5.20. The van der Waals surface area contributed by atoms with E-state index >= 15 is 0 Å². The first-order valence-electron chi connectivity index (χ1n) is 4.80. The van der Waals surface area contributed by atoms with Gasteiger partial charge in [0.1, 0.15) is 0 Å². The molecule has 0 radical (unpaired) electrons. The van der Waals surface area contributed by atoms with Gasteiger partial charge in [-0.2, -0.15) is 0 Å². The summed E-state index contributed by atoms with van der Waals surface area (Å²) in [6.45, 7) is 10.2. The standard InChI is InChI=1S/C10H19NO/c1-10(2)12-9-5-8-11-6-3-4-7-11/h1,3-9H2,2H3. The highest BCUT2D eigenvalue weighted by Gasteiger charge is 2.09. The molecule has 1 aliphatic heterocycles. The molecule has 0 amide bonds. The van der Waals surface area contributed by atoms with Crippen LogP contribution in [-0.2, 0) is 4.74 Å². The molecule has 0 N–H and O–H groups in total. The summed E-state index contributed by atoms with van der Waals surface area (Å²) in [7, 11) is 0. The summed E-state index contributed by atoms with van der Waals surface area (Å²) in [5.74, 6) is 0.830. The molecule has 0 aromatic rings. The first kappa shape index (κ1) is 9.59. The number of likely N-dealkylation sites (tertiary alicyclic amines) is 1. The van der Waals surface area contributed by atoms with Crippen LogP contribution in [-0.4, -0.2) is 31.1 Å². The molecular weight excluding hydrogens is 150 g/mol. The summed E-state index contributed by atoms with van der Waals surface area (Å²) in [5, 5.41) is 0. The van der Waals surface area contributed by atoms with Crippen molar-refractivity contribution in [2.45, 2.75) is 26.2 Å². The molecule has 0 unspecified atom stereocenters. The van der Waals surface area contributed by atoms with E-state index in [1.807, 2.05) is 6.92 Å². The topological polar surface area (TPSA) is 12.5 Å². The lowest BCUT2D eigenvalue weighted by Gasteiger charge is -2.14. The smallest absolute Gasteiger partial charge is 0.0889 e. The summed E-state index contributed by atoms with van der Waals surface area (Å²) < 4.78 is 5.28. The molecule has 1 rings (SSSR count). The molecule has 0 aliphatic carbocycles. The van der Waals surface area contributed by atoms with Crippen LogP contribution in [0.4, 0.5) is 0 Å². The maximum atomic E-state index is 5.28. The van der Waals surface area contributed by atoms with Crippen molar-refractivity contribution in [3.63, 3.8) is 0 Å². The zero-order chi connectivity index (χ0) is 8.81. The zero-order valence-electron chi connectivity index (χ0n) is 8.01. The van der Waals surface area contributed by atoms with Crippen molar-refractivity contribution in [3.05, 3.63) is 12.3 Å². The highest BCUT2D eigenvalue weighted by molar-refractivity contribution is 4.73. The minimum Gasteiger partial charge on any atom is -0.499 e. The Morgan fingerprint density at radius 2 is 2.08 bits per heavy atom. The lowest BCUT2D eigenvalue weighted by molar-refractivity contribution is 0.193. The Hall–Kier alpha value is -0.500. The summed E-state index contributed by atoms with van der Waals surface area (Å²) in [5.41, 5.74) is 0. The number of allylic oxidation sites excluding steroid dienone is 1. The average molecular weight is 169 g/mol. The summed E-state index contributed by atoms with van der Waals surface area (Å²) in [6, 6.07) is 0. The number of rotatable bonds is 5. The summed E-state index contributed by atoms with van der Waals surface area (Å²) in [6.07, 6.45) is 3.88. The van der Waals surface area contributed by atoms with Crippen molar-refractivity contribution in [3.8, 4) is 0 Å². The van der Waals surface area contributed by atoms with Crippen molar-refractivity contribution in [2.24, 2.45) is 0 Å². The van der Waals surface area contributed by atoms with Crippen LogP contribution in [0.3, 0.4) is 0 Å². The van der Waals surface area contributed by atoms with E-state index in [2.05, 4.69) is 11.5 Å². The number of nitrogens with zero attached hydrogens (tertiary/aromatic N) is 1. The van der Waals surface area contributed by atoms with Crippen molar-refractivity contribution in [2.75, 3.05) is 26.2 Å². The molecule has 0 atom stereocenters. The van der Waals surface area contributed by atoms with E-state index in [4.69, 9.17) is 4.74 Å². The van der Waals surface area contributed by atoms with Gasteiger partial charge in [-0.1, -0.05) is 6.58 Å². The Kier molecular flexibility index (Phi) is 4.15. The second-order valence-corrected chi connectivity index (χ2v) is 3.45. The van der Waals surface area contributed by atoms with Crippen LogP contribution >= 0.6 is 0 Å². The molecule has 1 saturated heterocycles. The molecule has 0 saturated carbocycles. The van der Waals surface area contributed by atoms with Gasteiger partial charge in [0.25, 0.3) is 0 Å². The van der Waals surface area contributed by atoms with Gasteiger partial charge < -0.3 is 9.64 Å². The molecule has 2 nitrogen and oxygen atoms in total. The Labute approximate surface area is 75.2 Å². The van der Waals surface area contributed by atoms with Crippen LogP contribution in [0.5, 0.6) is 0 Å². The van der Waals surface area contributed by atoms with E-state index in [0.717, 1.165) is 18.8 Å². The zero-order valence-corrected chi connectivity index (χ0v) is 8.01. The fraction of sp³-hybridized carbons (Fsp3) is 0.800. The van der Waals surface area contributed by atoms with Crippen LogP contribution in [0, 0.1) is 0 Å². The number of ether oxygens (including phenoxy) is 1. The quantitative estimate of drug-likeness (QED) is 0.461. The van der Waals surface area contributed by atoms with Gasteiger partial charge in [-0.3, -0.25) is 0 Å². The summed E-state index contributed by atoms with van der Waals surface area (Å²) >= 11 is 0. The molecule has 1 heterocycles. The molecular formula is C10H19NO. The molecule has 0 bridgehead atoms. The van der Waals surface area contributed by atoms with Gasteiger partial charge in [0.15, 0.2) is 0 Å². The molecule has 70 valence electrons. The Morgan fingerprint density at radius 3 is 2.67 bits per heavy atom. The lowest BCUT2D eigenvalue weighted by Crippen LogP contribution is -2.21. The van der Waals surface area contributed by atoms with Gasteiger partial charge >= 0.3 is 0 Å². The van der Waals surface area contributed by atoms with Crippen LogP contribution in [0.25, 0.3) is 0 Å². The third-order valence-electron chi connectivity index (χ3n) is 2.17. The van der Waals surface area contributed by atoms with Gasteiger partial charge in [-0.15, -0.1) is 0 Å².